The zero-order chi connectivity index (χ0) is 20.3. The van der Waals surface area contributed by atoms with Gasteiger partial charge in [-0.15, -0.1) is 0 Å². The molecule has 0 aliphatic carbocycles. The molecular formula is C25H29N3OS. The van der Waals surface area contributed by atoms with Crippen LogP contribution in [0.2, 0.25) is 0 Å². The van der Waals surface area contributed by atoms with Crippen molar-refractivity contribution in [1.29, 1.82) is 0 Å². The molecule has 3 heterocycles. The highest BCUT2D eigenvalue weighted by atomic mass is 32.2. The zero-order valence-electron chi connectivity index (χ0n) is 17.3. The number of anilines is 1. The van der Waals surface area contributed by atoms with Crippen molar-refractivity contribution in [2.75, 3.05) is 29.9 Å². The van der Waals surface area contributed by atoms with Crippen molar-refractivity contribution in [3.05, 3.63) is 54.6 Å². The van der Waals surface area contributed by atoms with Gasteiger partial charge >= 0.3 is 0 Å². The van der Waals surface area contributed by atoms with Crippen LogP contribution in [0, 0.1) is 5.92 Å². The Morgan fingerprint density at radius 2 is 1.70 bits per heavy atom. The normalized spacial score (nSPS) is 19.2. The molecule has 2 fully saturated rings. The predicted octanol–water partition coefficient (Wildman–Crippen LogP) is 5.38. The minimum Gasteiger partial charge on any atom is -0.355 e. The number of rotatable bonds is 4. The van der Waals surface area contributed by atoms with Gasteiger partial charge in [0.15, 0.2) is 0 Å². The van der Waals surface area contributed by atoms with Gasteiger partial charge in [-0.1, -0.05) is 30.3 Å². The fourth-order valence-electron chi connectivity index (χ4n) is 4.78. The minimum atomic E-state index is 0.132. The van der Waals surface area contributed by atoms with Crippen molar-refractivity contribution in [3.8, 4) is 11.3 Å². The molecule has 5 rings (SSSR count). The Morgan fingerprint density at radius 3 is 2.43 bits per heavy atom. The molecule has 0 spiro atoms. The van der Waals surface area contributed by atoms with Gasteiger partial charge in [0, 0.05) is 34.2 Å². The highest BCUT2D eigenvalue weighted by Gasteiger charge is 2.29. The van der Waals surface area contributed by atoms with Crippen LogP contribution >= 0.6 is 11.8 Å². The van der Waals surface area contributed by atoms with Gasteiger partial charge in [0.1, 0.15) is 0 Å². The number of carbonyl (C=O) groups is 1. The van der Waals surface area contributed by atoms with Gasteiger partial charge in [-0.05, 0) is 80.1 Å². The number of hydrogen-bond donors (Lipinski definition) is 2. The van der Waals surface area contributed by atoms with Crippen LogP contribution in [0.4, 0.5) is 5.69 Å². The largest absolute Gasteiger partial charge is 0.355 e. The second kappa shape index (κ2) is 8.86. The Morgan fingerprint density at radius 1 is 0.967 bits per heavy atom. The number of benzene rings is 2. The zero-order valence-corrected chi connectivity index (χ0v) is 18.1. The lowest BCUT2D eigenvalue weighted by molar-refractivity contribution is -0.121. The number of H-pyrrole nitrogens is 1. The summed E-state index contributed by atoms with van der Waals surface area (Å²) in [5.41, 5.74) is 4.25. The van der Waals surface area contributed by atoms with Gasteiger partial charge in [0.2, 0.25) is 5.91 Å². The average Bonchev–Trinajstić information content (AvgIpc) is 3.25. The van der Waals surface area contributed by atoms with Crippen LogP contribution in [0.25, 0.3) is 22.2 Å². The van der Waals surface area contributed by atoms with Gasteiger partial charge in [0.05, 0.1) is 0 Å². The molecule has 2 saturated heterocycles. The number of hydrogen-bond acceptors (Lipinski definition) is 3. The summed E-state index contributed by atoms with van der Waals surface area (Å²) in [7, 11) is 0. The standard InChI is InChI=1S/C25H29N3OS/c29-25(19-9-13-28(14-10-19)22-11-15-30-16-12-22)26-21-7-5-18(6-8-21)24-17-20-3-1-2-4-23(20)27-24/h1-8,17,19,22,27H,9-16H2,(H,26,29). The van der Waals surface area contributed by atoms with Crippen LogP contribution < -0.4 is 5.32 Å². The molecule has 1 amide bonds. The fraction of sp³-hybridized carbons (Fsp3) is 0.400. The van der Waals surface area contributed by atoms with Gasteiger partial charge in [-0.2, -0.15) is 11.8 Å². The molecule has 0 saturated carbocycles. The third-order valence-corrected chi connectivity index (χ3v) is 7.65. The minimum absolute atomic E-state index is 0.132. The average molecular weight is 420 g/mol. The summed E-state index contributed by atoms with van der Waals surface area (Å²) in [6, 6.07) is 19.4. The third-order valence-electron chi connectivity index (χ3n) is 6.60. The molecule has 0 atom stereocenters. The Hall–Kier alpha value is -2.24. The molecule has 156 valence electrons. The molecular weight excluding hydrogens is 390 g/mol. The smallest absolute Gasteiger partial charge is 0.227 e. The van der Waals surface area contributed by atoms with Gasteiger partial charge < -0.3 is 15.2 Å². The number of fused-ring (bicyclic) bond motifs is 1. The number of nitrogens with one attached hydrogen (secondary N) is 2. The van der Waals surface area contributed by atoms with E-state index in [9.17, 15) is 4.79 Å². The number of para-hydroxylation sites is 1. The van der Waals surface area contributed by atoms with Crippen LogP contribution in [0.5, 0.6) is 0 Å². The molecule has 30 heavy (non-hydrogen) atoms. The molecule has 2 N–H and O–H groups in total. The SMILES string of the molecule is O=C(Nc1ccc(-c2cc3ccccc3[nH]2)cc1)C1CCN(C2CCSCC2)CC1. The second-order valence-corrected chi connectivity index (χ2v) is 9.72. The van der Waals surface area contributed by atoms with E-state index in [0.717, 1.165) is 54.4 Å². The maximum atomic E-state index is 12.8. The van der Waals surface area contributed by atoms with Gasteiger partial charge in [-0.25, -0.2) is 0 Å². The first-order chi connectivity index (χ1) is 14.8. The summed E-state index contributed by atoms with van der Waals surface area (Å²) in [6.45, 7) is 2.12. The van der Waals surface area contributed by atoms with Crippen molar-refractivity contribution in [2.45, 2.75) is 31.7 Å². The van der Waals surface area contributed by atoms with Crippen LogP contribution in [0.3, 0.4) is 0 Å². The van der Waals surface area contributed by atoms with Gasteiger partial charge in [0.25, 0.3) is 0 Å². The van der Waals surface area contributed by atoms with Crippen LogP contribution in [0.1, 0.15) is 25.7 Å². The first-order valence-corrected chi connectivity index (χ1v) is 12.2. The molecule has 5 heteroatoms. The van der Waals surface area contributed by atoms with Crippen LogP contribution in [-0.4, -0.2) is 46.4 Å². The predicted molar refractivity (Wildman–Crippen MR) is 127 cm³/mol. The monoisotopic (exact) mass is 419 g/mol. The number of amides is 1. The van der Waals surface area contributed by atoms with E-state index in [2.05, 4.69) is 63.4 Å². The van der Waals surface area contributed by atoms with E-state index in [1.807, 2.05) is 18.2 Å². The summed E-state index contributed by atoms with van der Waals surface area (Å²) in [6.07, 6.45) is 4.57. The third kappa shape index (κ3) is 4.28. The van der Waals surface area contributed by atoms with Crippen LogP contribution in [-0.2, 0) is 4.79 Å². The number of likely N-dealkylation sites (tertiary alicyclic amines) is 1. The maximum Gasteiger partial charge on any atom is 0.227 e. The summed E-state index contributed by atoms with van der Waals surface area (Å²) in [4.78, 5) is 18.9. The van der Waals surface area contributed by atoms with E-state index in [1.165, 1.54) is 29.7 Å². The van der Waals surface area contributed by atoms with Gasteiger partial charge in [-0.3, -0.25) is 4.79 Å². The number of piperidine rings is 1. The van der Waals surface area contributed by atoms with Crippen molar-refractivity contribution in [3.63, 3.8) is 0 Å². The van der Waals surface area contributed by atoms with Crippen molar-refractivity contribution in [2.24, 2.45) is 5.92 Å². The van der Waals surface area contributed by atoms with E-state index >= 15 is 0 Å². The Bertz CT molecular complexity index is 966. The number of carbonyl (C=O) groups excluding carboxylic acids is 1. The van der Waals surface area contributed by atoms with Crippen molar-refractivity contribution in [1.82, 2.24) is 9.88 Å². The first-order valence-electron chi connectivity index (χ1n) is 11.1. The molecule has 2 aliphatic heterocycles. The van der Waals surface area contributed by atoms with Crippen molar-refractivity contribution >= 4 is 34.3 Å². The quantitative estimate of drug-likeness (QED) is 0.597. The summed E-state index contributed by atoms with van der Waals surface area (Å²) in [5.74, 6) is 2.89. The molecule has 2 aromatic carbocycles. The van der Waals surface area contributed by atoms with E-state index in [0.29, 0.717) is 0 Å². The molecule has 0 radical (unpaired) electrons. The summed E-state index contributed by atoms with van der Waals surface area (Å²) < 4.78 is 0. The fourth-order valence-corrected chi connectivity index (χ4v) is 5.87. The second-order valence-electron chi connectivity index (χ2n) is 8.49. The van der Waals surface area contributed by atoms with Crippen molar-refractivity contribution < 1.29 is 4.79 Å². The van der Waals surface area contributed by atoms with E-state index in [-0.39, 0.29) is 11.8 Å². The molecule has 3 aromatic rings. The molecule has 2 aliphatic rings. The molecule has 1 aromatic heterocycles. The first kappa shape index (κ1) is 19.7. The van der Waals surface area contributed by atoms with Crippen LogP contribution in [0.15, 0.2) is 54.6 Å². The van der Waals surface area contributed by atoms with E-state index in [4.69, 9.17) is 0 Å². The lowest BCUT2D eigenvalue weighted by Gasteiger charge is -2.38. The number of nitrogens with zero attached hydrogens (tertiary/aromatic N) is 1. The molecule has 0 unspecified atom stereocenters. The topological polar surface area (TPSA) is 48.1 Å². The lowest BCUT2D eigenvalue weighted by atomic mass is 9.93. The number of aromatic amines is 1. The number of aromatic nitrogens is 1. The van der Waals surface area contributed by atoms with E-state index < -0.39 is 0 Å². The Kier molecular flexibility index (Phi) is 5.82. The lowest BCUT2D eigenvalue weighted by Crippen LogP contribution is -2.45. The summed E-state index contributed by atoms with van der Waals surface area (Å²) in [5, 5.41) is 4.35. The summed E-state index contributed by atoms with van der Waals surface area (Å²) >= 11 is 2.08. The number of thioether (sulfide) groups is 1. The Balaban J connectivity index is 1.17. The highest BCUT2D eigenvalue weighted by Crippen LogP contribution is 2.28. The van der Waals surface area contributed by atoms with E-state index in [1.54, 1.807) is 0 Å². The molecule has 0 bridgehead atoms. The molecule has 4 nitrogen and oxygen atoms in total. The Labute approximate surface area is 182 Å². The maximum absolute atomic E-state index is 12.8. The highest BCUT2D eigenvalue weighted by molar-refractivity contribution is 7.99.